The van der Waals surface area contributed by atoms with Gasteiger partial charge in [0.15, 0.2) is 0 Å². The average Bonchev–Trinajstić information content (AvgIpc) is 3.10. The smallest absolute Gasteiger partial charge is 0.338 e. The lowest BCUT2D eigenvalue weighted by atomic mass is 10.1. The van der Waals surface area contributed by atoms with Gasteiger partial charge in [0.1, 0.15) is 34.5 Å². The highest BCUT2D eigenvalue weighted by Gasteiger charge is 2.30. The number of phenols is 6. The highest BCUT2D eigenvalue weighted by atomic mass is 127. The van der Waals surface area contributed by atoms with Gasteiger partial charge < -0.3 is 56.2 Å². The Morgan fingerprint density at radius 2 is 0.561 bits per heavy atom. The van der Waals surface area contributed by atoms with Gasteiger partial charge >= 0.3 is 29.8 Å². The molecule has 3 rings (SSSR count). The molecule has 11 N–H and O–H groups in total. The molecule has 310 valence electrons. The Hall–Kier alpha value is -1.93. The summed E-state index contributed by atoms with van der Waals surface area (Å²) in [6, 6.07) is 0. The number of carboxylic acid groups (broad SMARTS) is 5. The van der Waals surface area contributed by atoms with Crippen molar-refractivity contribution < 1.29 is 80.1 Å². The molecular formula is C32H29I6N3O16. The number of hydrogen-bond acceptors (Lipinski definition) is 14. The Morgan fingerprint density at radius 3 is 0.754 bits per heavy atom. The Kier molecular flexibility index (Phi) is 18.2. The molecule has 19 nitrogen and oxygen atoms in total. The molecule has 0 heterocycles. The van der Waals surface area contributed by atoms with Gasteiger partial charge in [0, 0.05) is 45.8 Å². The summed E-state index contributed by atoms with van der Waals surface area (Å²) in [6.07, 6.45) is 0. The van der Waals surface area contributed by atoms with Crippen molar-refractivity contribution in [3.05, 3.63) is 54.8 Å². The molecule has 0 aliphatic rings. The number of carboxylic acids is 5. The highest BCUT2D eigenvalue weighted by Crippen LogP contribution is 2.43. The summed E-state index contributed by atoms with van der Waals surface area (Å²) in [4.78, 5) is 63.6. The van der Waals surface area contributed by atoms with Crippen LogP contribution >= 0.6 is 136 Å². The first kappa shape index (κ1) is 49.4. The van der Waals surface area contributed by atoms with Gasteiger partial charge in [-0.05, 0) is 136 Å². The Balaban J connectivity index is 2.08. The molecule has 0 unspecified atom stereocenters. The number of benzene rings is 3. The van der Waals surface area contributed by atoms with Crippen LogP contribution in [0.4, 0.5) is 0 Å². The maximum absolute atomic E-state index is 12.0. The van der Waals surface area contributed by atoms with Crippen LogP contribution in [0.2, 0.25) is 0 Å². The molecule has 0 aromatic heterocycles. The number of aromatic carboxylic acids is 3. The van der Waals surface area contributed by atoms with Crippen LogP contribution < -0.4 is 0 Å². The van der Waals surface area contributed by atoms with Crippen LogP contribution in [0.3, 0.4) is 0 Å². The van der Waals surface area contributed by atoms with E-state index in [9.17, 15) is 80.1 Å². The second-order valence-electron chi connectivity index (χ2n) is 11.9. The molecule has 0 aliphatic carbocycles. The number of hydrogen-bond donors (Lipinski definition) is 11. The van der Waals surface area contributed by atoms with Crippen LogP contribution in [0.5, 0.6) is 34.5 Å². The number of rotatable bonds is 19. The predicted molar refractivity (Wildman–Crippen MR) is 248 cm³/mol. The second-order valence-corrected chi connectivity index (χ2v) is 18.4. The van der Waals surface area contributed by atoms with E-state index in [2.05, 4.69) is 0 Å². The van der Waals surface area contributed by atoms with E-state index < -0.39 is 90.5 Å². The lowest BCUT2D eigenvalue weighted by molar-refractivity contribution is -0.139. The molecular weight excluding hydrogens is 1440 g/mol. The second kappa shape index (κ2) is 21.0. The Morgan fingerprint density at radius 1 is 0.368 bits per heavy atom. The van der Waals surface area contributed by atoms with Crippen molar-refractivity contribution in [2.75, 3.05) is 39.3 Å². The SMILES string of the molecule is O=C(O)CN(CCN(CCN(CC(=O)O)Cc1c(O)c(I)c(C(=O)O)c(I)c1O)Cc1c(O)c(I)c(C(=O)O)c(I)c1O)Cc1c(O)c(I)c(C(=O)O)c(I)c1O. The van der Waals surface area contributed by atoms with Crippen molar-refractivity contribution in [2.45, 2.75) is 19.6 Å². The van der Waals surface area contributed by atoms with E-state index in [0.29, 0.717) is 0 Å². The van der Waals surface area contributed by atoms with Crippen LogP contribution in [-0.4, -0.2) is 140 Å². The zero-order valence-corrected chi connectivity index (χ0v) is 41.4. The third kappa shape index (κ3) is 11.7. The third-order valence-electron chi connectivity index (χ3n) is 8.25. The number of halogens is 6. The van der Waals surface area contributed by atoms with E-state index in [-0.39, 0.29) is 87.5 Å². The molecule has 0 bridgehead atoms. The monoisotopic (exact) mass is 1470 g/mol. The summed E-state index contributed by atoms with van der Waals surface area (Å²) in [7, 11) is 0. The lowest BCUT2D eigenvalue weighted by Gasteiger charge is -2.30. The van der Waals surface area contributed by atoms with Gasteiger partial charge in [-0.25, -0.2) is 14.4 Å². The minimum absolute atomic E-state index is 0.0998. The van der Waals surface area contributed by atoms with Gasteiger partial charge in [-0.15, -0.1) is 0 Å². The van der Waals surface area contributed by atoms with Crippen LogP contribution in [0.15, 0.2) is 0 Å². The average molecular weight is 1470 g/mol. The van der Waals surface area contributed by atoms with Crippen LogP contribution in [0, 0.1) is 21.4 Å². The lowest BCUT2D eigenvalue weighted by Crippen LogP contribution is -2.41. The van der Waals surface area contributed by atoms with Gasteiger partial charge in [0.2, 0.25) is 0 Å². The summed E-state index contributed by atoms with van der Waals surface area (Å²) < 4.78 is -0.619. The van der Waals surface area contributed by atoms with Crippen molar-refractivity contribution in [3.63, 3.8) is 0 Å². The van der Waals surface area contributed by atoms with Crippen LogP contribution in [0.1, 0.15) is 47.8 Å². The summed E-state index contributed by atoms with van der Waals surface area (Å²) >= 11 is 9.55. The molecule has 0 saturated carbocycles. The molecule has 57 heavy (non-hydrogen) atoms. The third-order valence-corrected chi connectivity index (χ3v) is 14.6. The van der Waals surface area contributed by atoms with E-state index in [0.717, 1.165) is 0 Å². The molecule has 25 heteroatoms. The minimum atomic E-state index is -1.43. The fourth-order valence-corrected chi connectivity index (χ4v) is 12.0. The van der Waals surface area contributed by atoms with Gasteiger partial charge in [-0.3, -0.25) is 24.3 Å². The van der Waals surface area contributed by atoms with E-state index >= 15 is 0 Å². The maximum atomic E-state index is 12.0. The largest absolute Gasteiger partial charge is 0.506 e. The van der Waals surface area contributed by atoms with Crippen molar-refractivity contribution in [1.29, 1.82) is 0 Å². The number of phenolic OH excluding ortho intramolecular Hbond substituents is 6. The van der Waals surface area contributed by atoms with Crippen molar-refractivity contribution in [1.82, 2.24) is 14.7 Å². The zero-order valence-electron chi connectivity index (χ0n) is 28.4. The number of aliphatic carboxylic acids is 2. The van der Waals surface area contributed by atoms with E-state index in [1.807, 2.05) is 0 Å². The molecule has 0 fully saturated rings. The molecule has 0 radical (unpaired) electrons. The van der Waals surface area contributed by atoms with Crippen LogP contribution in [-0.2, 0) is 29.2 Å². The Labute approximate surface area is 403 Å². The van der Waals surface area contributed by atoms with Crippen LogP contribution in [0.25, 0.3) is 0 Å². The molecule has 3 aromatic rings. The summed E-state index contributed by atoms with van der Waals surface area (Å²) in [5, 5.41) is 114. The van der Waals surface area contributed by atoms with Crippen molar-refractivity contribution in [3.8, 4) is 34.5 Å². The van der Waals surface area contributed by atoms with E-state index in [4.69, 9.17) is 0 Å². The van der Waals surface area contributed by atoms with Gasteiger partial charge in [0.05, 0.1) is 67.9 Å². The summed E-state index contributed by atoms with van der Waals surface area (Å²) in [6.45, 7) is -3.05. The quantitative estimate of drug-likeness (QED) is 0.0730. The van der Waals surface area contributed by atoms with Gasteiger partial charge in [-0.1, -0.05) is 0 Å². The minimum Gasteiger partial charge on any atom is -0.506 e. The standard InChI is InChI=1S/C32H29I6N3O16/c33-18-15(30(52)53)19(34)25(47)10(24(18)46)5-39(1-3-40(8-13(42)43)6-11-26(48)20(35)16(31(54)55)21(36)27(11)49)2-4-41(9-14(44)45)7-12-28(50)22(37)17(32(56)57)23(38)29(12)51/h46-51H,1-9H2,(H,42,43)(H,44,45)(H,52,53)(H,54,55)(H,56,57). The van der Waals surface area contributed by atoms with Crippen molar-refractivity contribution in [2.24, 2.45) is 0 Å². The molecule has 0 spiro atoms. The van der Waals surface area contributed by atoms with Crippen molar-refractivity contribution >= 4 is 165 Å². The first-order valence-electron chi connectivity index (χ1n) is 15.5. The Bertz CT molecular complexity index is 1960. The number of carbonyl (C=O) groups is 5. The fourth-order valence-electron chi connectivity index (χ4n) is 5.46. The predicted octanol–water partition coefficient (Wildman–Crippen LogP) is 4.62. The molecule has 0 aliphatic heterocycles. The topological polar surface area (TPSA) is 318 Å². The maximum Gasteiger partial charge on any atom is 0.338 e. The summed E-state index contributed by atoms with van der Waals surface area (Å²) in [5.41, 5.74) is -1.56. The highest BCUT2D eigenvalue weighted by molar-refractivity contribution is 14.1. The first-order valence-corrected chi connectivity index (χ1v) is 22.0. The van der Waals surface area contributed by atoms with E-state index in [1.54, 1.807) is 140 Å². The zero-order chi connectivity index (χ0) is 43.4. The number of aromatic hydroxyl groups is 6. The summed E-state index contributed by atoms with van der Waals surface area (Å²) in [5.74, 6) is -10.4. The molecule has 0 atom stereocenters. The number of nitrogens with zero attached hydrogens (tertiary/aromatic N) is 3. The fraction of sp³-hybridized carbons (Fsp3) is 0.281. The molecule has 0 saturated heterocycles. The van der Waals surface area contributed by atoms with Gasteiger partial charge in [-0.2, -0.15) is 0 Å². The normalized spacial score (nSPS) is 11.5. The van der Waals surface area contributed by atoms with E-state index in [1.165, 1.54) is 9.80 Å². The molecule has 0 amide bonds. The molecule has 3 aromatic carbocycles. The first-order chi connectivity index (χ1) is 26.4. The van der Waals surface area contributed by atoms with Gasteiger partial charge in [0.25, 0.3) is 0 Å².